The van der Waals surface area contributed by atoms with Crippen LogP contribution in [0.1, 0.15) is 20.3 Å². The highest BCUT2D eigenvalue weighted by molar-refractivity contribution is 5.91. The van der Waals surface area contributed by atoms with Gasteiger partial charge in [0.15, 0.2) is 0 Å². The molecule has 0 radical (unpaired) electrons. The molecule has 5 nitrogen and oxygen atoms in total. The third-order valence-electron chi connectivity index (χ3n) is 4.73. The van der Waals surface area contributed by atoms with Crippen molar-refractivity contribution in [2.45, 2.75) is 38.0 Å². The molecule has 0 aromatic carbocycles. The van der Waals surface area contributed by atoms with Gasteiger partial charge < -0.3 is 14.4 Å². The molecule has 5 atom stereocenters. The zero-order valence-electron chi connectivity index (χ0n) is 11.5. The van der Waals surface area contributed by atoms with Gasteiger partial charge in [0.2, 0.25) is 5.91 Å². The van der Waals surface area contributed by atoms with Crippen LogP contribution in [0.15, 0.2) is 12.2 Å². The lowest BCUT2D eigenvalue weighted by molar-refractivity contribution is -0.151. The normalized spacial score (nSPS) is 40.7. The molecule has 19 heavy (non-hydrogen) atoms. The zero-order chi connectivity index (χ0) is 13.8. The molecular formula is C14H19NO4. The van der Waals surface area contributed by atoms with E-state index in [1.807, 2.05) is 24.0 Å². The van der Waals surface area contributed by atoms with E-state index in [1.165, 1.54) is 7.11 Å². The number of likely N-dealkylation sites (tertiary alicyclic amines) is 1. The van der Waals surface area contributed by atoms with E-state index in [4.69, 9.17) is 9.47 Å². The van der Waals surface area contributed by atoms with Crippen LogP contribution in [0.3, 0.4) is 0 Å². The zero-order valence-corrected chi connectivity index (χ0v) is 11.5. The van der Waals surface area contributed by atoms with E-state index in [9.17, 15) is 9.59 Å². The van der Waals surface area contributed by atoms with Crippen molar-refractivity contribution in [3.8, 4) is 0 Å². The number of methoxy groups -OCH3 is 1. The minimum absolute atomic E-state index is 0.0246. The Labute approximate surface area is 112 Å². The maximum absolute atomic E-state index is 12.6. The van der Waals surface area contributed by atoms with Gasteiger partial charge in [0, 0.05) is 6.04 Å². The molecule has 0 aromatic heterocycles. The topological polar surface area (TPSA) is 55.8 Å². The van der Waals surface area contributed by atoms with E-state index >= 15 is 0 Å². The third kappa shape index (κ3) is 1.51. The first-order valence-corrected chi connectivity index (χ1v) is 6.79. The van der Waals surface area contributed by atoms with E-state index in [1.54, 1.807) is 0 Å². The Balaban J connectivity index is 1.95. The lowest BCUT2D eigenvalue weighted by Crippen LogP contribution is -2.40. The molecular weight excluding hydrogens is 246 g/mol. The van der Waals surface area contributed by atoms with Crippen LogP contribution in [0.4, 0.5) is 0 Å². The van der Waals surface area contributed by atoms with Crippen LogP contribution < -0.4 is 0 Å². The minimum atomic E-state index is -0.607. The van der Waals surface area contributed by atoms with Gasteiger partial charge in [-0.15, -0.1) is 0 Å². The Morgan fingerprint density at radius 1 is 1.68 bits per heavy atom. The quantitative estimate of drug-likeness (QED) is 0.558. The summed E-state index contributed by atoms with van der Waals surface area (Å²) < 4.78 is 10.8. The van der Waals surface area contributed by atoms with Gasteiger partial charge >= 0.3 is 5.97 Å². The predicted octanol–water partition coefficient (Wildman–Crippen LogP) is 0.740. The van der Waals surface area contributed by atoms with Crippen molar-refractivity contribution in [1.82, 2.24) is 4.90 Å². The maximum Gasteiger partial charge on any atom is 0.312 e. The van der Waals surface area contributed by atoms with Crippen molar-refractivity contribution in [2.24, 2.45) is 11.8 Å². The summed E-state index contributed by atoms with van der Waals surface area (Å²) >= 11 is 0. The van der Waals surface area contributed by atoms with Crippen molar-refractivity contribution in [2.75, 3.05) is 13.7 Å². The molecule has 0 unspecified atom stereocenters. The van der Waals surface area contributed by atoms with Crippen LogP contribution in [0.2, 0.25) is 0 Å². The molecule has 3 heterocycles. The van der Waals surface area contributed by atoms with E-state index in [-0.39, 0.29) is 24.0 Å². The predicted molar refractivity (Wildman–Crippen MR) is 67.2 cm³/mol. The van der Waals surface area contributed by atoms with Crippen LogP contribution in [0.5, 0.6) is 0 Å². The number of hydrogen-bond donors (Lipinski definition) is 0. The van der Waals surface area contributed by atoms with Gasteiger partial charge in [0.1, 0.15) is 11.5 Å². The Kier molecular flexibility index (Phi) is 2.71. The van der Waals surface area contributed by atoms with E-state index < -0.39 is 17.4 Å². The van der Waals surface area contributed by atoms with Crippen LogP contribution in [0, 0.1) is 11.8 Å². The number of amides is 1. The Hall–Kier alpha value is -1.36. The Morgan fingerprint density at radius 3 is 3.05 bits per heavy atom. The smallest absolute Gasteiger partial charge is 0.312 e. The van der Waals surface area contributed by atoms with Gasteiger partial charge in [-0.3, -0.25) is 9.59 Å². The van der Waals surface area contributed by atoms with Gasteiger partial charge in [-0.2, -0.15) is 0 Å². The first-order chi connectivity index (χ1) is 9.04. The van der Waals surface area contributed by atoms with Gasteiger partial charge in [0.25, 0.3) is 0 Å². The highest BCUT2D eigenvalue weighted by Gasteiger charge is 2.67. The summed E-state index contributed by atoms with van der Waals surface area (Å²) in [4.78, 5) is 26.4. The van der Waals surface area contributed by atoms with Crippen molar-refractivity contribution < 1.29 is 19.1 Å². The average Bonchev–Trinajstić information content (AvgIpc) is 3.05. The van der Waals surface area contributed by atoms with Crippen LogP contribution in [0.25, 0.3) is 0 Å². The summed E-state index contributed by atoms with van der Waals surface area (Å²) in [6.45, 7) is 4.63. The number of hydrogen-bond acceptors (Lipinski definition) is 4. The molecule has 0 saturated carbocycles. The van der Waals surface area contributed by atoms with E-state index in [0.717, 1.165) is 6.42 Å². The monoisotopic (exact) mass is 265 g/mol. The number of rotatable bonds is 3. The van der Waals surface area contributed by atoms with Crippen molar-refractivity contribution in [3.05, 3.63) is 12.2 Å². The van der Waals surface area contributed by atoms with Gasteiger partial charge in [-0.05, 0) is 13.3 Å². The molecule has 0 N–H and O–H groups in total. The van der Waals surface area contributed by atoms with Crippen LogP contribution in [-0.2, 0) is 19.1 Å². The SMILES string of the molecule is CC[C@@H](C)N1C[C@@]23C=C[C@H](O2)[C@H](C(=O)OC)[C@H]3C1=O. The van der Waals surface area contributed by atoms with Gasteiger partial charge in [-0.25, -0.2) is 0 Å². The molecule has 2 bridgehead atoms. The number of ether oxygens (including phenoxy) is 2. The standard InChI is InChI=1S/C14H19NO4/c1-4-8(2)15-7-14-6-5-9(19-14)10(13(17)18-3)11(14)12(15)16/h5-6,8-11H,4,7H2,1-3H3/t8-,9+,10+,11+,14-/m1/s1. The number of carbonyl (C=O) groups excluding carboxylic acids is 2. The summed E-state index contributed by atoms with van der Waals surface area (Å²) in [7, 11) is 1.36. The molecule has 3 aliphatic rings. The number of esters is 1. The molecule has 2 saturated heterocycles. The molecule has 1 spiro atoms. The van der Waals surface area contributed by atoms with E-state index in [0.29, 0.717) is 6.54 Å². The summed E-state index contributed by atoms with van der Waals surface area (Å²) in [6, 6.07) is 0.168. The van der Waals surface area contributed by atoms with E-state index in [2.05, 4.69) is 6.92 Å². The fourth-order valence-corrected chi connectivity index (χ4v) is 3.53. The minimum Gasteiger partial charge on any atom is -0.469 e. The number of fused-ring (bicyclic) bond motifs is 1. The molecule has 2 fully saturated rings. The second kappa shape index (κ2) is 4.07. The number of nitrogens with zero attached hydrogens (tertiary/aromatic N) is 1. The van der Waals surface area contributed by atoms with Gasteiger partial charge in [-0.1, -0.05) is 19.1 Å². The lowest BCUT2D eigenvalue weighted by atomic mass is 9.77. The van der Waals surface area contributed by atoms with Crippen LogP contribution in [-0.4, -0.2) is 48.2 Å². The first kappa shape index (κ1) is 12.7. The molecule has 1 amide bonds. The molecule has 3 aliphatic heterocycles. The summed E-state index contributed by atoms with van der Waals surface area (Å²) in [5.41, 5.74) is -0.607. The number of carbonyl (C=O) groups is 2. The van der Waals surface area contributed by atoms with Crippen molar-refractivity contribution in [3.63, 3.8) is 0 Å². The fraction of sp³-hybridized carbons (Fsp3) is 0.714. The first-order valence-electron chi connectivity index (χ1n) is 6.79. The van der Waals surface area contributed by atoms with Crippen molar-refractivity contribution >= 4 is 11.9 Å². The fourth-order valence-electron chi connectivity index (χ4n) is 3.53. The Bertz CT molecular complexity index is 460. The molecule has 0 aromatic rings. The highest BCUT2D eigenvalue weighted by Crippen LogP contribution is 2.52. The molecule has 5 heteroatoms. The summed E-state index contributed by atoms with van der Waals surface area (Å²) in [5, 5.41) is 0. The largest absolute Gasteiger partial charge is 0.469 e. The maximum atomic E-state index is 12.6. The highest BCUT2D eigenvalue weighted by atomic mass is 16.5. The summed E-state index contributed by atoms with van der Waals surface area (Å²) in [6.07, 6.45) is 4.44. The van der Waals surface area contributed by atoms with Crippen molar-refractivity contribution in [1.29, 1.82) is 0 Å². The lowest BCUT2D eigenvalue weighted by Gasteiger charge is -2.26. The van der Waals surface area contributed by atoms with Crippen LogP contribution >= 0.6 is 0 Å². The summed E-state index contributed by atoms with van der Waals surface area (Å²) in [5.74, 6) is -1.22. The van der Waals surface area contributed by atoms with Gasteiger partial charge in [0.05, 0.1) is 25.7 Å². The average molecular weight is 265 g/mol. The second-order valence-corrected chi connectivity index (χ2v) is 5.65. The third-order valence-corrected chi connectivity index (χ3v) is 4.73. The Morgan fingerprint density at radius 2 is 2.42 bits per heavy atom. The molecule has 104 valence electrons. The molecule has 0 aliphatic carbocycles. The second-order valence-electron chi connectivity index (χ2n) is 5.65. The molecule has 3 rings (SSSR count).